The summed E-state index contributed by atoms with van der Waals surface area (Å²) < 4.78 is 55.5. The summed E-state index contributed by atoms with van der Waals surface area (Å²) in [5, 5.41) is 0. The molecule has 2 rings (SSSR count). The Kier molecular flexibility index (Phi) is 8.47. The van der Waals surface area contributed by atoms with Crippen molar-refractivity contribution in [2.75, 3.05) is 20.3 Å². The Morgan fingerprint density at radius 1 is 0.885 bits per heavy atom. The van der Waals surface area contributed by atoms with E-state index in [-0.39, 0.29) is 49.5 Å². The zero-order chi connectivity index (χ0) is 19.4. The molecule has 2 fully saturated rings. The Labute approximate surface area is 155 Å². The molecule has 10 atom stereocenters. The first-order valence-corrected chi connectivity index (χ1v) is 10.9. The summed E-state index contributed by atoms with van der Waals surface area (Å²) in [4.78, 5) is 8.79. The van der Waals surface area contributed by atoms with Crippen LogP contribution in [0.2, 0.25) is 0 Å². The van der Waals surface area contributed by atoms with E-state index >= 15 is 0 Å². The number of methoxy groups -OCH3 is 1. The summed E-state index contributed by atoms with van der Waals surface area (Å²) in [6.07, 6.45) is -1.75. The second-order valence-electron chi connectivity index (χ2n) is 6.80. The minimum absolute atomic E-state index is 0.0263. The fourth-order valence-corrected chi connectivity index (χ4v) is 4.50. The second-order valence-corrected chi connectivity index (χ2v) is 8.45. The maximum atomic E-state index is 12.3. The smallest absolute Gasteiger partial charge is 0.378 e. The highest BCUT2D eigenvalue weighted by Crippen LogP contribution is 2.39. The molecule has 0 aliphatic carbocycles. The molecule has 2 aliphatic rings. The fourth-order valence-electron chi connectivity index (χ4n) is 3.37. The third kappa shape index (κ3) is 5.47. The molecule has 0 aromatic rings. The summed E-state index contributed by atoms with van der Waals surface area (Å²) in [6.45, 7) is 7.70. The maximum Gasteiger partial charge on any atom is 0.697 e. The minimum atomic E-state index is -2.73. The van der Waals surface area contributed by atoms with Crippen molar-refractivity contribution >= 4 is 16.5 Å². The quantitative estimate of drug-likeness (QED) is 0.569. The van der Waals surface area contributed by atoms with Crippen molar-refractivity contribution in [3.05, 3.63) is 0 Å². The second kappa shape index (κ2) is 9.92. The molecule has 0 aromatic heterocycles. The Morgan fingerprint density at radius 3 is 1.92 bits per heavy atom. The first kappa shape index (κ1) is 22.2. The van der Waals surface area contributed by atoms with Gasteiger partial charge in [0.1, 0.15) is 31.5 Å². The molecule has 2 heterocycles. The predicted octanol–water partition coefficient (Wildman–Crippen LogP) is 2.57. The SMILES string of the molecule is CO[C@@H]1C(C)[C@H](C)O[C@@H]1CO[P+](=O)O[C@@H]1C(C)[C@H](C)O[C@@H]1CO[P+](=O)O. The lowest BCUT2D eigenvalue weighted by molar-refractivity contribution is -0.0317. The van der Waals surface area contributed by atoms with E-state index in [1.54, 1.807) is 7.11 Å². The van der Waals surface area contributed by atoms with Crippen LogP contribution < -0.4 is 0 Å². The van der Waals surface area contributed by atoms with Gasteiger partial charge in [-0.2, -0.15) is 0 Å². The molecule has 0 amide bonds. The highest BCUT2D eigenvalue weighted by Gasteiger charge is 2.48. The summed E-state index contributed by atoms with van der Waals surface area (Å²) in [5.41, 5.74) is 0. The number of hydrogen-bond donors (Lipinski definition) is 1. The van der Waals surface area contributed by atoms with Crippen LogP contribution in [0.15, 0.2) is 0 Å². The van der Waals surface area contributed by atoms with E-state index in [4.69, 9.17) is 32.7 Å². The molecular formula is C15H28O9P2+2. The highest BCUT2D eigenvalue weighted by molar-refractivity contribution is 7.33. The van der Waals surface area contributed by atoms with Crippen LogP contribution in [0, 0.1) is 11.8 Å². The minimum Gasteiger partial charge on any atom is -0.378 e. The van der Waals surface area contributed by atoms with Gasteiger partial charge in [-0.1, -0.05) is 13.8 Å². The van der Waals surface area contributed by atoms with E-state index in [9.17, 15) is 9.13 Å². The zero-order valence-electron chi connectivity index (χ0n) is 15.6. The van der Waals surface area contributed by atoms with Gasteiger partial charge >= 0.3 is 16.5 Å². The van der Waals surface area contributed by atoms with Crippen molar-refractivity contribution in [2.45, 2.75) is 64.3 Å². The van der Waals surface area contributed by atoms with Gasteiger partial charge in [-0.3, -0.25) is 0 Å². The number of hydrogen-bond acceptors (Lipinski definition) is 8. The molecule has 2 saturated heterocycles. The lowest BCUT2D eigenvalue weighted by Crippen LogP contribution is -2.32. The van der Waals surface area contributed by atoms with Gasteiger partial charge in [-0.25, -0.2) is 0 Å². The summed E-state index contributed by atoms with van der Waals surface area (Å²) in [5.74, 6) is 0.135. The molecule has 9 nitrogen and oxygen atoms in total. The van der Waals surface area contributed by atoms with Gasteiger partial charge in [-0.05, 0) is 13.8 Å². The number of ether oxygens (including phenoxy) is 3. The molecule has 0 spiro atoms. The average Bonchev–Trinajstić information content (AvgIpc) is 3.01. The molecule has 0 bridgehead atoms. The van der Waals surface area contributed by atoms with Gasteiger partial charge in [0, 0.05) is 28.1 Å². The maximum absolute atomic E-state index is 12.3. The largest absolute Gasteiger partial charge is 0.697 e. The molecule has 150 valence electrons. The van der Waals surface area contributed by atoms with Gasteiger partial charge in [0.05, 0.1) is 18.3 Å². The van der Waals surface area contributed by atoms with Crippen molar-refractivity contribution in [1.82, 2.24) is 0 Å². The number of rotatable bonds is 9. The fraction of sp³-hybridized carbons (Fsp3) is 1.00. The molecule has 0 aromatic carbocycles. The van der Waals surface area contributed by atoms with Crippen LogP contribution in [-0.2, 0) is 36.9 Å². The molecule has 4 unspecified atom stereocenters. The first-order chi connectivity index (χ1) is 12.2. The van der Waals surface area contributed by atoms with Crippen molar-refractivity contribution in [3.63, 3.8) is 0 Å². The first-order valence-electron chi connectivity index (χ1n) is 8.64. The van der Waals surface area contributed by atoms with Crippen molar-refractivity contribution < 1.29 is 41.8 Å². The molecule has 2 aliphatic heterocycles. The Morgan fingerprint density at radius 2 is 1.38 bits per heavy atom. The standard InChI is InChI=1S/C15H27O9P2/c1-8-10(3)22-12(14(8)19-5)7-21-26(18)24-15-9(2)11(4)23-13(15)6-20-25(16)17/h8-15H,6-7H2,1-5H3/q+1/p+1/t8?,9?,10-,11-,12+,13+,14+,15+/m0/s1. The highest BCUT2D eigenvalue weighted by atomic mass is 31.1. The van der Waals surface area contributed by atoms with Crippen LogP contribution in [-0.4, -0.2) is 61.8 Å². The van der Waals surface area contributed by atoms with Crippen molar-refractivity contribution in [3.8, 4) is 0 Å². The van der Waals surface area contributed by atoms with Crippen molar-refractivity contribution in [2.24, 2.45) is 11.8 Å². The molecule has 0 radical (unpaired) electrons. The van der Waals surface area contributed by atoms with Crippen LogP contribution in [0.4, 0.5) is 0 Å². The molecule has 1 N–H and O–H groups in total. The van der Waals surface area contributed by atoms with Gasteiger partial charge in [-0.15, -0.1) is 18.5 Å². The zero-order valence-corrected chi connectivity index (χ0v) is 17.4. The van der Waals surface area contributed by atoms with E-state index in [1.807, 2.05) is 27.7 Å². The normalized spacial score (nSPS) is 41.5. The van der Waals surface area contributed by atoms with Crippen LogP contribution in [0.1, 0.15) is 27.7 Å². The average molecular weight is 414 g/mol. The van der Waals surface area contributed by atoms with E-state index in [0.717, 1.165) is 0 Å². The summed E-state index contributed by atoms with van der Waals surface area (Å²) >= 11 is 0. The molecule has 11 heteroatoms. The van der Waals surface area contributed by atoms with Crippen LogP contribution >= 0.6 is 16.5 Å². The lowest BCUT2D eigenvalue weighted by Gasteiger charge is -2.17. The van der Waals surface area contributed by atoms with E-state index < -0.39 is 28.7 Å². The van der Waals surface area contributed by atoms with E-state index in [2.05, 4.69) is 0 Å². The topological polar surface area (TPSA) is 110 Å². The molecule has 26 heavy (non-hydrogen) atoms. The van der Waals surface area contributed by atoms with E-state index in [1.165, 1.54) is 0 Å². The van der Waals surface area contributed by atoms with Gasteiger partial charge < -0.3 is 14.2 Å². The molecular weight excluding hydrogens is 386 g/mol. The molecule has 0 saturated carbocycles. The Bertz CT molecular complexity index is 506. The lowest BCUT2D eigenvalue weighted by atomic mass is 9.99. The predicted molar refractivity (Wildman–Crippen MR) is 92.0 cm³/mol. The summed E-state index contributed by atoms with van der Waals surface area (Å²) in [6, 6.07) is 0. The van der Waals surface area contributed by atoms with Crippen LogP contribution in [0.5, 0.6) is 0 Å². The van der Waals surface area contributed by atoms with Gasteiger partial charge in [0.2, 0.25) is 0 Å². The third-order valence-electron chi connectivity index (χ3n) is 5.20. The van der Waals surface area contributed by atoms with Crippen molar-refractivity contribution in [1.29, 1.82) is 0 Å². The van der Waals surface area contributed by atoms with Crippen LogP contribution in [0.25, 0.3) is 0 Å². The summed E-state index contributed by atoms with van der Waals surface area (Å²) in [7, 11) is -3.54. The van der Waals surface area contributed by atoms with Crippen LogP contribution in [0.3, 0.4) is 0 Å². The monoisotopic (exact) mass is 414 g/mol. The Hall–Kier alpha value is -0.0800. The van der Waals surface area contributed by atoms with E-state index in [0.29, 0.717) is 0 Å². The Balaban J connectivity index is 1.86. The third-order valence-corrected chi connectivity index (χ3v) is 6.35. The van der Waals surface area contributed by atoms with Gasteiger partial charge in [0.15, 0.2) is 0 Å². The van der Waals surface area contributed by atoms with Gasteiger partial charge in [0.25, 0.3) is 0 Å².